The van der Waals surface area contributed by atoms with Crippen molar-refractivity contribution in [3.05, 3.63) is 65.5 Å². The van der Waals surface area contributed by atoms with E-state index in [4.69, 9.17) is 9.26 Å². The fourth-order valence-electron chi connectivity index (χ4n) is 2.57. The molecule has 134 valence electrons. The number of amides is 1. The minimum atomic E-state index is -0.0601. The number of benzene rings is 2. The highest BCUT2D eigenvalue weighted by molar-refractivity contribution is 5.94. The van der Waals surface area contributed by atoms with Crippen molar-refractivity contribution in [3.63, 3.8) is 0 Å². The predicted octanol–water partition coefficient (Wildman–Crippen LogP) is 3.37. The fourth-order valence-corrected chi connectivity index (χ4v) is 2.57. The number of hydrogen-bond acceptors (Lipinski definition) is 5. The third kappa shape index (κ3) is 4.08. The molecular weight excluding hydrogens is 330 g/mol. The maximum Gasteiger partial charge on any atom is 0.257 e. The van der Waals surface area contributed by atoms with Crippen molar-refractivity contribution in [1.82, 2.24) is 15.0 Å². The lowest BCUT2D eigenvalue weighted by atomic mass is 10.1. The molecule has 0 aliphatic rings. The summed E-state index contributed by atoms with van der Waals surface area (Å²) in [6.45, 7) is 2.51. The van der Waals surface area contributed by atoms with E-state index in [-0.39, 0.29) is 5.91 Å². The highest BCUT2D eigenvalue weighted by atomic mass is 16.5. The molecule has 6 nitrogen and oxygen atoms in total. The van der Waals surface area contributed by atoms with Gasteiger partial charge < -0.3 is 14.2 Å². The van der Waals surface area contributed by atoms with Crippen molar-refractivity contribution in [2.24, 2.45) is 0 Å². The van der Waals surface area contributed by atoms with Crippen molar-refractivity contribution in [2.45, 2.75) is 13.3 Å². The number of aromatic nitrogens is 2. The maximum atomic E-state index is 12.5. The lowest BCUT2D eigenvalue weighted by Crippen LogP contribution is -2.29. The molecule has 0 saturated carbocycles. The van der Waals surface area contributed by atoms with Crippen LogP contribution in [-0.4, -0.2) is 41.6 Å². The molecule has 3 rings (SSSR count). The fraction of sp³-hybridized carbons (Fsp3) is 0.250. The van der Waals surface area contributed by atoms with E-state index in [9.17, 15) is 4.79 Å². The molecule has 1 heterocycles. The summed E-state index contributed by atoms with van der Waals surface area (Å²) in [7, 11) is 3.35. The molecule has 0 aliphatic heterocycles. The van der Waals surface area contributed by atoms with Crippen molar-refractivity contribution in [1.29, 1.82) is 0 Å². The summed E-state index contributed by atoms with van der Waals surface area (Å²) in [5.74, 6) is 1.73. The van der Waals surface area contributed by atoms with Gasteiger partial charge in [-0.15, -0.1) is 0 Å². The Balaban J connectivity index is 1.60. The SMILES string of the molecule is COc1ccc(C(=O)N(C)CCc2noc(-c3cccc(C)c3)n2)cc1. The number of aryl methyl sites for hydroxylation is 1. The molecule has 2 aromatic carbocycles. The summed E-state index contributed by atoms with van der Waals surface area (Å²) in [5.41, 5.74) is 2.64. The number of nitrogens with zero attached hydrogens (tertiary/aromatic N) is 3. The Bertz CT molecular complexity index is 887. The number of ether oxygens (including phenoxy) is 1. The Morgan fingerprint density at radius 3 is 2.65 bits per heavy atom. The van der Waals surface area contributed by atoms with E-state index in [1.807, 2.05) is 31.2 Å². The van der Waals surface area contributed by atoms with E-state index in [2.05, 4.69) is 10.1 Å². The topological polar surface area (TPSA) is 68.5 Å². The van der Waals surface area contributed by atoms with Crippen LogP contribution in [0.2, 0.25) is 0 Å². The Kier molecular flexibility index (Phi) is 5.31. The van der Waals surface area contributed by atoms with Crippen LogP contribution in [0, 0.1) is 6.92 Å². The van der Waals surface area contributed by atoms with Crippen LogP contribution in [0.3, 0.4) is 0 Å². The second kappa shape index (κ2) is 7.82. The van der Waals surface area contributed by atoms with Crippen molar-refractivity contribution in [2.75, 3.05) is 20.7 Å². The van der Waals surface area contributed by atoms with Gasteiger partial charge in [-0.05, 0) is 43.3 Å². The molecule has 0 radical (unpaired) electrons. The molecule has 0 fully saturated rings. The standard InChI is InChI=1S/C20H21N3O3/c1-14-5-4-6-16(13-14)19-21-18(22-26-19)11-12-23(2)20(24)15-7-9-17(25-3)10-8-15/h4-10,13H,11-12H2,1-3H3. The summed E-state index contributed by atoms with van der Waals surface area (Å²) in [6.07, 6.45) is 0.522. The van der Waals surface area contributed by atoms with Gasteiger partial charge in [0.2, 0.25) is 0 Å². The van der Waals surface area contributed by atoms with Crippen LogP contribution >= 0.6 is 0 Å². The Labute approximate surface area is 152 Å². The molecule has 0 bridgehead atoms. The van der Waals surface area contributed by atoms with Gasteiger partial charge >= 0.3 is 0 Å². The third-order valence-corrected chi connectivity index (χ3v) is 4.09. The average molecular weight is 351 g/mol. The van der Waals surface area contributed by atoms with E-state index >= 15 is 0 Å². The number of rotatable bonds is 6. The summed E-state index contributed by atoms with van der Waals surface area (Å²) in [4.78, 5) is 18.5. The first kappa shape index (κ1) is 17.7. The third-order valence-electron chi connectivity index (χ3n) is 4.09. The Morgan fingerprint density at radius 1 is 1.19 bits per heavy atom. The molecule has 26 heavy (non-hydrogen) atoms. The maximum absolute atomic E-state index is 12.5. The van der Waals surface area contributed by atoms with E-state index in [0.29, 0.717) is 30.2 Å². The summed E-state index contributed by atoms with van der Waals surface area (Å²) >= 11 is 0. The predicted molar refractivity (Wildman–Crippen MR) is 98.1 cm³/mol. The van der Waals surface area contributed by atoms with Gasteiger partial charge in [-0.3, -0.25) is 4.79 Å². The second-order valence-electron chi connectivity index (χ2n) is 6.09. The summed E-state index contributed by atoms with van der Waals surface area (Å²) in [6, 6.07) is 14.9. The molecule has 0 aliphatic carbocycles. The lowest BCUT2D eigenvalue weighted by molar-refractivity contribution is 0.0795. The quantitative estimate of drug-likeness (QED) is 0.681. The average Bonchev–Trinajstić information content (AvgIpc) is 3.14. The van der Waals surface area contributed by atoms with E-state index in [1.54, 1.807) is 43.3 Å². The number of carbonyl (C=O) groups excluding carboxylic acids is 1. The molecule has 0 N–H and O–H groups in total. The molecular formula is C20H21N3O3. The van der Waals surface area contributed by atoms with Crippen molar-refractivity contribution >= 4 is 5.91 Å². The van der Waals surface area contributed by atoms with Gasteiger partial charge in [0.25, 0.3) is 11.8 Å². The molecule has 0 unspecified atom stereocenters. The molecule has 1 aromatic heterocycles. The van der Waals surface area contributed by atoms with E-state index in [1.165, 1.54) is 0 Å². The van der Waals surface area contributed by atoms with Crippen LogP contribution in [0.5, 0.6) is 5.75 Å². The van der Waals surface area contributed by atoms with Gasteiger partial charge in [0, 0.05) is 31.1 Å². The molecule has 6 heteroatoms. The largest absolute Gasteiger partial charge is 0.497 e. The van der Waals surface area contributed by atoms with Gasteiger partial charge in [0.05, 0.1) is 7.11 Å². The van der Waals surface area contributed by atoms with Crippen LogP contribution in [-0.2, 0) is 6.42 Å². The zero-order chi connectivity index (χ0) is 18.5. The minimum absolute atomic E-state index is 0.0601. The smallest absolute Gasteiger partial charge is 0.257 e. The van der Waals surface area contributed by atoms with Crippen LogP contribution < -0.4 is 4.74 Å². The highest BCUT2D eigenvalue weighted by Crippen LogP contribution is 2.18. The number of carbonyl (C=O) groups is 1. The summed E-state index contributed by atoms with van der Waals surface area (Å²) in [5, 5.41) is 4.01. The van der Waals surface area contributed by atoms with E-state index in [0.717, 1.165) is 16.9 Å². The zero-order valence-corrected chi connectivity index (χ0v) is 15.1. The van der Waals surface area contributed by atoms with E-state index < -0.39 is 0 Å². The molecule has 0 atom stereocenters. The number of likely N-dealkylation sites (N-methyl/N-ethyl adjacent to an activating group) is 1. The van der Waals surface area contributed by atoms with Gasteiger partial charge in [-0.2, -0.15) is 4.98 Å². The molecule has 1 amide bonds. The van der Waals surface area contributed by atoms with Crippen molar-refractivity contribution in [3.8, 4) is 17.2 Å². The van der Waals surface area contributed by atoms with Gasteiger partial charge in [-0.1, -0.05) is 22.9 Å². The van der Waals surface area contributed by atoms with Crippen molar-refractivity contribution < 1.29 is 14.1 Å². The summed E-state index contributed by atoms with van der Waals surface area (Å²) < 4.78 is 10.4. The van der Waals surface area contributed by atoms with Gasteiger partial charge in [0.15, 0.2) is 5.82 Å². The first-order chi connectivity index (χ1) is 12.6. The number of hydrogen-bond donors (Lipinski definition) is 0. The Morgan fingerprint density at radius 2 is 1.96 bits per heavy atom. The zero-order valence-electron chi connectivity index (χ0n) is 15.1. The van der Waals surface area contributed by atoms with Crippen LogP contribution in [0.25, 0.3) is 11.5 Å². The van der Waals surface area contributed by atoms with Crippen LogP contribution in [0.15, 0.2) is 53.1 Å². The number of methoxy groups -OCH3 is 1. The highest BCUT2D eigenvalue weighted by Gasteiger charge is 2.14. The van der Waals surface area contributed by atoms with Crippen LogP contribution in [0.4, 0.5) is 0 Å². The lowest BCUT2D eigenvalue weighted by Gasteiger charge is -2.16. The van der Waals surface area contributed by atoms with Gasteiger partial charge in [0.1, 0.15) is 5.75 Å². The molecule has 3 aromatic rings. The molecule has 0 spiro atoms. The minimum Gasteiger partial charge on any atom is -0.497 e. The Hall–Kier alpha value is -3.15. The normalized spacial score (nSPS) is 10.6. The second-order valence-corrected chi connectivity index (χ2v) is 6.09. The first-order valence-corrected chi connectivity index (χ1v) is 8.36. The monoisotopic (exact) mass is 351 g/mol. The molecule has 0 saturated heterocycles. The van der Waals surface area contributed by atoms with Gasteiger partial charge in [-0.25, -0.2) is 0 Å². The first-order valence-electron chi connectivity index (χ1n) is 8.36. The van der Waals surface area contributed by atoms with Crippen LogP contribution in [0.1, 0.15) is 21.7 Å².